The van der Waals surface area contributed by atoms with Gasteiger partial charge in [0.05, 0.1) is 0 Å². The Labute approximate surface area is 139 Å². The van der Waals surface area contributed by atoms with Crippen molar-refractivity contribution in [3.8, 4) is 0 Å². The summed E-state index contributed by atoms with van der Waals surface area (Å²) in [7, 11) is 0. The normalized spacial score (nSPS) is 20.9. The van der Waals surface area contributed by atoms with E-state index in [1.165, 1.54) is 36.0 Å². The van der Waals surface area contributed by atoms with E-state index in [1.54, 1.807) is 5.57 Å². The monoisotopic (exact) mass is 348 g/mol. The predicted octanol–water partition coefficient (Wildman–Crippen LogP) is 6.91. The molecule has 0 heterocycles. The third-order valence-electron chi connectivity index (χ3n) is 4.17. The summed E-state index contributed by atoms with van der Waals surface area (Å²) in [6.07, 6.45) is 17.1. The molecule has 0 unspecified atom stereocenters. The van der Waals surface area contributed by atoms with E-state index in [-0.39, 0.29) is 0 Å². The minimum absolute atomic E-state index is 0.324. The molecule has 0 aromatic carbocycles. The second-order valence-corrected chi connectivity index (χ2v) is 7.28. The van der Waals surface area contributed by atoms with Gasteiger partial charge in [0, 0.05) is 5.33 Å². The first kappa shape index (κ1) is 18.2. The van der Waals surface area contributed by atoms with Crippen LogP contribution >= 0.6 is 15.9 Å². The van der Waals surface area contributed by atoms with Gasteiger partial charge < -0.3 is 0 Å². The fraction of sp³-hybridized carbons (Fsp3) is 0.500. The Kier molecular flexibility index (Phi) is 7.45. The van der Waals surface area contributed by atoms with Crippen molar-refractivity contribution in [3.05, 3.63) is 58.7 Å². The lowest BCUT2D eigenvalue weighted by Crippen LogP contribution is -2.19. The summed E-state index contributed by atoms with van der Waals surface area (Å²) in [6.45, 7) is 11.3. The summed E-state index contributed by atoms with van der Waals surface area (Å²) in [4.78, 5) is 0. The minimum Gasteiger partial charge on any atom is -0.0883 e. The van der Waals surface area contributed by atoms with Gasteiger partial charge in [-0.3, -0.25) is 0 Å². The molecular weight excluding hydrogens is 320 g/mol. The Bertz CT molecular complexity index is 496. The van der Waals surface area contributed by atoms with Gasteiger partial charge in [-0.25, -0.2) is 0 Å². The summed E-state index contributed by atoms with van der Waals surface area (Å²) >= 11 is 3.41. The van der Waals surface area contributed by atoms with Gasteiger partial charge in [-0.2, -0.15) is 0 Å². The van der Waals surface area contributed by atoms with Crippen LogP contribution in [0.1, 0.15) is 53.9 Å². The third-order valence-corrected chi connectivity index (χ3v) is 4.50. The molecule has 1 aliphatic rings. The highest BCUT2D eigenvalue weighted by Gasteiger charge is 2.26. The first-order valence-corrected chi connectivity index (χ1v) is 8.95. The van der Waals surface area contributed by atoms with Crippen LogP contribution in [0.25, 0.3) is 0 Å². The molecule has 0 bridgehead atoms. The van der Waals surface area contributed by atoms with Crippen LogP contribution in [0.3, 0.4) is 0 Å². The topological polar surface area (TPSA) is 0 Å². The van der Waals surface area contributed by atoms with Crippen molar-refractivity contribution >= 4 is 15.9 Å². The summed E-state index contributed by atoms with van der Waals surface area (Å²) in [6, 6.07) is 0. The molecule has 0 aliphatic heterocycles. The largest absolute Gasteiger partial charge is 0.0883 e. The molecule has 21 heavy (non-hydrogen) atoms. The number of hydrogen-bond donors (Lipinski definition) is 0. The highest BCUT2D eigenvalue weighted by Crippen LogP contribution is 2.40. The smallest absolute Gasteiger partial charge is 0.0217 e. The Hall–Kier alpha value is -0.820. The summed E-state index contributed by atoms with van der Waals surface area (Å²) in [5, 5.41) is 0.911. The molecule has 0 N–H and O–H groups in total. The molecule has 0 saturated heterocycles. The summed E-state index contributed by atoms with van der Waals surface area (Å²) in [5.74, 6) is 0. The quantitative estimate of drug-likeness (QED) is 0.373. The predicted molar refractivity (Wildman–Crippen MR) is 99.9 cm³/mol. The van der Waals surface area contributed by atoms with E-state index >= 15 is 0 Å². The zero-order valence-electron chi connectivity index (χ0n) is 14.2. The third kappa shape index (κ3) is 6.22. The zero-order chi connectivity index (χ0) is 15.9. The van der Waals surface area contributed by atoms with Crippen molar-refractivity contribution in [3.63, 3.8) is 0 Å². The number of halogens is 1. The van der Waals surface area contributed by atoms with Crippen molar-refractivity contribution in [2.24, 2.45) is 5.41 Å². The first-order valence-electron chi connectivity index (χ1n) is 7.83. The van der Waals surface area contributed by atoms with Gasteiger partial charge in [0.25, 0.3) is 0 Å². The van der Waals surface area contributed by atoms with Crippen LogP contribution in [0.15, 0.2) is 58.7 Å². The van der Waals surface area contributed by atoms with E-state index in [4.69, 9.17) is 0 Å². The molecule has 0 nitrogen and oxygen atoms in total. The van der Waals surface area contributed by atoms with Gasteiger partial charge in [-0.05, 0) is 51.0 Å². The molecule has 0 radical (unpaired) electrons. The van der Waals surface area contributed by atoms with Crippen LogP contribution in [0.2, 0.25) is 0 Å². The molecule has 116 valence electrons. The molecule has 0 aromatic heterocycles. The molecule has 0 atom stereocenters. The maximum Gasteiger partial charge on any atom is 0.0217 e. The second kappa shape index (κ2) is 8.58. The average molecular weight is 349 g/mol. The standard InChI is InChI=1S/C20H29Br/c1-16(8-6-9-17(2)13-15-21)11-12-19-18(3)10-7-14-20(19,4)5/h6,8-9,11-13H,7,10,14-15H2,1-5H3. The van der Waals surface area contributed by atoms with Gasteiger partial charge in [0.1, 0.15) is 0 Å². The van der Waals surface area contributed by atoms with Gasteiger partial charge in [0.15, 0.2) is 0 Å². The Morgan fingerprint density at radius 1 is 1.19 bits per heavy atom. The molecule has 0 saturated carbocycles. The van der Waals surface area contributed by atoms with Gasteiger partial charge in [0.2, 0.25) is 0 Å². The maximum atomic E-state index is 3.41. The van der Waals surface area contributed by atoms with Crippen molar-refractivity contribution in [1.82, 2.24) is 0 Å². The van der Waals surface area contributed by atoms with Crippen LogP contribution in [0.4, 0.5) is 0 Å². The highest BCUT2D eigenvalue weighted by molar-refractivity contribution is 9.09. The Morgan fingerprint density at radius 2 is 1.90 bits per heavy atom. The van der Waals surface area contributed by atoms with Crippen molar-refractivity contribution in [2.45, 2.75) is 53.9 Å². The lowest BCUT2D eigenvalue weighted by atomic mass is 9.72. The number of hydrogen-bond acceptors (Lipinski definition) is 0. The Balaban J connectivity index is 2.78. The Morgan fingerprint density at radius 3 is 2.52 bits per heavy atom. The van der Waals surface area contributed by atoms with Crippen LogP contribution in [0, 0.1) is 5.41 Å². The SMILES string of the molecule is CC(C=CC1=C(C)CCCC1(C)C)=CC=CC(C)=CCBr. The molecular formula is C20H29Br. The van der Waals surface area contributed by atoms with Crippen molar-refractivity contribution in [1.29, 1.82) is 0 Å². The van der Waals surface area contributed by atoms with Crippen LogP contribution in [-0.4, -0.2) is 5.33 Å². The van der Waals surface area contributed by atoms with Gasteiger partial charge in [-0.1, -0.05) is 83.0 Å². The molecule has 1 heteroatoms. The van der Waals surface area contributed by atoms with E-state index in [0.717, 1.165) is 5.33 Å². The first-order chi connectivity index (χ1) is 9.86. The number of allylic oxidation sites excluding steroid dienone is 10. The lowest BCUT2D eigenvalue weighted by molar-refractivity contribution is 0.377. The molecule has 0 aromatic rings. The number of rotatable bonds is 5. The molecule has 0 amide bonds. The van der Waals surface area contributed by atoms with E-state index in [9.17, 15) is 0 Å². The van der Waals surface area contributed by atoms with Crippen molar-refractivity contribution in [2.75, 3.05) is 5.33 Å². The molecule has 1 aliphatic carbocycles. The molecule has 1 rings (SSSR count). The van der Waals surface area contributed by atoms with Crippen molar-refractivity contribution < 1.29 is 0 Å². The maximum absolute atomic E-state index is 3.41. The van der Waals surface area contributed by atoms with Crippen LogP contribution in [-0.2, 0) is 0 Å². The molecule has 0 spiro atoms. The fourth-order valence-electron chi connectivity index (χ4n) is 2.82. The van der Waals surface area contributed by atoms with Gasteiger partial charge in [-0.15, -0.1) is 0 Å². The second-order valence-electron chi connectivity index (χ2n) is 6.64. The van der Waals surface area contributed by atoms with E-state index in [2.05, 4.69) is 87.0 Å². The van der Waals surface area contributed by atoms with E-state index in [0.29, 0.717) is 5.41 Å². The summed E-state index contributed by atoms with van der Waals surface area (Å²) < 4.78 is 0. The number of alkyl halides is 1. The van der Waals surface area contributed by atoms with Crippen LogP contribution in [0.5, 0.6) is 0 Å². The van der Waals surface area contributed by atoms with Gasteiger partial charge >= 0.3 is 0 Å². The summed E-state index contributed by atoms with van der Waals surface area (Å²) in [5.41, 5.74) is 5.98. The van der Waals surface area contributed by atoms with E-state index in [1.807, 2.05) is 0 Å². The zero-order valence-corrected chi connectivity index (χ0v) is 15.8. The average Bonchev–Trinajstić information content (AvgIpc) is 2.37. The lowest BCUT2D eigenvalue weighted by Gasteiger charge is -2.32. The van der Waals surface area contributed by atoms with Crippen LogP contribution < -0.4 is 0 Å². The fourth-order valence-corrected chi connectivity index (χ4v) is 3.33. The van der Waals surface area contributed by atoms with E-state index < -0.39 is 0 Å². The molecule has 0 fully saturated rings. The minimum atomic E-state index is 0.324. The highest BCUT2D eigenvalue weighted by atomic mass is 79.9.